The van der Waals surface area contributed by atoms with Gasteiger partial charge in [-0.25, -0.2) is 4.98 Å². The molecule has 4 saturated heterocycles. The molecule has 1 amide bonds. The minimum absolute atomic E-state index is 0.00430. The number of piperidine rings is 2. The number of nitrogens with one attached hydrogen (secondary N) is 2. The van der Waals surface area contributed by atoms with Gasteiger partial charge in [-0.05, 0) is 17.7 Å². The highest BCUT2D eigenvalue weighted by molar-refractivity contribution is 5.95. The SMILES string of the molecule is CNc1cc(C(=O)N[C@@H]2C3CN4CCN(C3)CC2(c2ccccc2)C4)ccn1. The number of anilines is 1. The summed E-state index contributed by atoms with van der Waals surface area (Å²) < 4.78 is 0. The molecule has 2 aromatic rings. The molecule has 6 nitrogen and oxygen atoms in total. The average molecular weight is 377 g/mol. The lowest BCUT2D eigenvalue weighted by Crippen LogP contribution is -2.70. The van der Waals surface area contributed by atoms with Crippen LogP contribution in [0.3, 0.4) is 0 Å². The van der Waals surface area contributed by atoms with Crippen molar-refractivity contribution in [2.24, 2.45) is 5.92 Å². The van der Waals surface area contributed by atoms with Crippen LogP contribution < -0.4 is 10.6 Å². The molecule has 4 bridgehead atoms. The first kappa shape index (κ1) is 17.6. The summed E-state index contributed by atoms with van der Waals surface area (Å²) >= 11 is 0. The molecule has 0 spiro atoms. The highest BCUT2D eigenvalue weighted by Gasteiger charge is 2.55. The smallest absolute Gasteiger partial charge is 0.251 e. The Morgan fingerprint density at radius 3 is 2.50 bits per heavy atom. The van der Waals surface area contributed by atoms with Gasteiger partial charge < -0.3 is 20.4 Å². The molecule has 6 heteroatoms. The van der Waals surface area contributed by atoms with Gasteiger partial charge in [-0.3, -0.25) is 4.79 Å². The summed E-state index contributed by atoms with van der Waals surface area (Å²) in [5.74, 6) is 1.15. The highest BCUT2D eigenvalue weighted by atomic mass is 16.1. The van der Waals surface area contributed by atoms with Gasteiger partial charge >= 0.3 is 0 Å². The van der Waals surface area contributed by atoms with E-state index in [1.807, 2.05) is 13.1 Å². The minimum Gasteiger partial charge on any atom is -0.373 e. The maximum Gasteiger partial charge on any atom is 0.251 e. The summed E-state index contributed by atoms with van der Waals surface area (Å²) in [6.07, 6.45) is 1.69. The number of aromatic nitrogens is 1. The van der Waals surface area contributed by atoms with E-state index < -0.39 is 0 Å². The molecule has 4 aliphatic rings. The van der Waals surface area contributed by atoms with Gasteiger partial charge in [0.2, 0.25) is 0 Å². The average Bonchev–Trinajstić information content (AvgIpc) is 2.99. The van der Waals surface area contributed by atoms with Gasteiger partial charge in [-0.2, -0.15) is 0 Å². The van der Waals surface area contributed by atoms with Crippen LogP contribution in [-0.4, -0.2) is 73.0 Å². The van der Waals surface area contributed by atoms with Crippen molar-refractivity contribution in [3.63, 3.8) is 0 Å². The molecule has 4 aliphatic heterocycles. The Morgan fingerprint density at radius 1 is 1.11 bits per heavy atom. The second-order valence-electron chi connectivity index (χ2n) is 8.38. The van der Waals surface area contributed by atoms with E-state index in [4.69, 9.17) is 0 Å². The van der Waals surface area contributed by atoms with Gasteiger partial charge in [-0.1, -0.05) is 30.3 Å². The third-order valence-corrected chi connectivity index (χ3v) is 6.71. The first-order chi connectivity index (χ1) is 13.7. The van der Waals surface area contributed by atoms with Crippen LogP contribution in [0.5, 0.6) is 0 Å². The molecule has 1 aromatic heterocycles. The third kappa shape index (κ3) is 2.88. The number of hydrogen-bond acceptors (Lipinski definition) is 5. The van der Waals surface area contributed by atoms with Crippen LogP contribution in [-0.2, 0) is 5.41 Å². The summed E-state index contributed by atoms with van der Waals surface area (Å²) in [6.45, 7) is 6.39. The molecule has 2 N–H and O–H groups in total. The van der Waals surface area contributed by atoms with Crippen LogP contribution in [0.25, 0.3) is 0 Å². The zero-order valence-electron chi connectivity index (χ0n) is 16.3. The molecule has 5 heterocycles. The summed E-state index contributed by atoms with van der Waals surface area (Å²) in [4.78, 5) is 22.6. The van der Waals surface area contributed by atoms with Crippen molar-refractivity contribution in [3.8, 4) is 0 Å². The Kier molecular flexibility index (Phi) is 4.33. The van der Waals surface area contributed by atoms with Gasteiger partial charge in [0, 0.05) is 75.5 Å². The lowest BCUT2D eigenvalue weighted by Gasteiger charge is -2.55. The highest BCUT2D eigenvalue weighted by Crippen LogP contribution is 2.43. The molecule has 0 saturated carbocycles. The molecule has 146 valence electrons. The number of rotatable bonds is 4. The standard InChI is InChI=1S/C22H27N5O/c1-23-19-11-16(7-8-24-19)21(28)25-20-17-12-26-9-10-27(13-17)15-22(20,14-26)18-5-3-2-4-6-18/h2-8,11,17,20H,9-10,12-15H2,1H3,(H,23,24)(H,25,28)/t17?,20-,22?/m1/s1. The summed E-state index contributed by atoms with van der Waals surface area (Å²) in [7, 11) is 1.82. The van der Waals surface area contributed by atoms with E-state index in [0.29, 0.717) is 17.3 Å². The topological polar surface area (TPSA) is 60.5 Å². The quantitative estimate of drug-likeness (QED) is 0.844. The fourth-order valence-electron chi connectivity index (χ4n) is 5.50. The van der Waals surface area contributed by atoms with Crippen molar-refractivity contribution in [3.05, 3.63) is 59.8 Å². The predicted molar refractivity (Wildman–Crippen MR) is 110 cm³/mol. The van der Waals surface area contributed by atoms with Crippen molar-refractivity contribution in [2.45, 2.75) is 11.5 Å². The number of benzene rings is 1. The molecule has 1 aromatic carbocycles. The second-order valence-corrected chi connectivity index (χ2v) is 8.38. The van der Waals surface area contributed by atoms with Crippen LogP contribution >= 0.6 is 0 Å². The molecule has 6 rings (SSSR count). The zero-order chi connectivity index (χ0) is 19.1. The fourth-order valence-corrected chi connectivity index (χ4v) is 5.50. The number of hydrogen-bond donors (Lipinski definition) is 2. The number of carbonyl (C=O) groups is 1. The van der Waals surface area contributed by atoms with Crippen molar-refractivity contribution < 1.29 is 4.79 Å². The Morgan fingerprint density at radius 2 is 1.82 bits per heavy atom. The van der Waals surface area contributed by atoms with E-state index in [9.17, 15) is 4.79 Å². The van der Waals surface area contributed by atoms with E-state index in [-0.39, 0.29) is 17.4 Å². The summed E-state index contributed by atoms with van der Waals surface area (Å²) in [5.41, 5.74) is 1.94. The minimum atomic E-state index is -0.0621. The molecular weight excluding hydrogens is 350 g/mol. The Bertz CT molecular complexity index is 854. The molecule has 0 radical (unpaired) electrons. The molecule has 28 heavy (non-hydrogen) atoms. The summed E-state index contributed by atoms with van der Waals surface area (Å²) in [5, 5.41) is 6.46. The predicted octanol–water partition coefficient (Wildman–Crippen LogP) is 1.42. The largest absolute Gasteiger partial charge is 0.373 e. The van der Waals surface area contributed by atoms with Crippen LogP contribution in [0.2, 0.25) is 0 Å². The second kappa shape index (κ2) is 6.87. The maximum atomic E-state index is 13.2. The first-order valence-corrected chi connectivity index (χ1v) is 10.1. The van der Waals surface area contributed by atoms with E-state index in [1.54, 1.807) is 12.3 Å². The number of fused-ring (bicyclic) bond motifs is 1. The molecular formula is C22H27N5O. The molecule has 3 atom stereocenters. The van der Waals surface area contributed by atoms with E-state index in [2.05, 4.69) is 55.7 Å². The van der Waals surface area contributed by atoms with Crippen LogP contribution in [0.1, 0.15) is 15.9 Å². The number of nitrogens with zero attached hydrogens (tertiary/aromatic N) is 3. The van der Waals surface area contributed by atoms with Crippen molar-refractivity contribution >= 4 is 11.7 Å². The molecule has 4 fully saturated rings. The van der Waals surface area contributed by atoms with E-state index in [0.717, 1.165) is 39.3 Å². The number of pyridine rings is 1. The summed E-state index contributed by atoms with van der Waals surface area (Å²) in [6, 6.07) is 14.5. The third-order valence-electron chi connectivity index (χ3n) is 6.71. The maximum absolute atomic E-state index is 13.2. The normalized spacial score (nSPS) is 33.3. The van der Waals surface area contributed by atoms with E-state index >= 15 is 0 Å². The van der Waals surface area contributed by atoms with Crippen LogP contribution in [0.15, 0.2) is 48.7 Å². The fraction of sp³-hybridized carbons (Fsp3) is 0.455. The Balaban J connectivity index is 1.51. The van der Waals surface area contributed by atoms with Gasteiger partial charge in [0.05, 0.1) is 0 Å². The molecule has 0 aliphatic carbocycles. The Hall–Kier alpha value is -2.44. The first-order valence-electron chi connectivity index (χ1n) is 10.1. The monoisotopic (exact) mass is 377 g/mol. The van der Waals surface area contributed by atoms with Crippen LogP contribution in [0.4, 0.5) is 5.82 Å². The van der Waals surface area contributed by atoms with Gasteiger partial charge in [-0.15, -0.1) is 0 Å². The Labute approximate surface area is 165 Å². The van der Waals surface area contributed by atoms with Gasteiger partial charge in [0.15, 0.2) is 0 Å². The van der Waals surface area contributed by atoms with Crippen molar-refractivity contribution in [1.82, 2.24) is 20.1 Å². The van der Waals surface area contributed by atoms with Crippen LogP contribution in [0, 0.1) is 5.92 Å². The number of amides is 1. The number of carbonyl (C=O) groups excluding carboxylic acids is 1. The van der Waals surface area contributed by atoms with E-state index in [1.165, 1.54) is 5.56 Å². The lowest BCUT2D eigenvalue weighted by atomic mass is 9.64. The van der Waals surface area contributed by atoms with Gasteiger partial charge in [0.25, 0.3) is 5.91 Å². The zero-order valence-corrected chi connectivity index (χ0v) is 16.3. The van der Waals surface area contributed by atoms with Crippen molar-refractivity contribution in [1.29, 1.82) is 0 Å². The van der Waals surface area contributed by atoms with Gasteiger partial charge in [0.1, 0.15) is 5.82 Å². The molecule has 2 unspecified atom stereocenters. The van der Waals surface area contributed by atoms with Crippen molar-refractivity contribution in [2.75, 3.05) is 51.6 Å². The lowest BCUT2D eigenvalue weighted by molar-refractivity contribution is 0.0180.